The summed E-state index contributed by atoms with van der Waals surface area (Å²) in [4.78, 5) is 3.74. The summed E-state index contributed by atoms with van der Waals surface area (Å²) < 4.78 is 0. The van der Waals surface area contributed by atoms with Crippen LogP contribution in [0.5, 0.6) is 0 Å². The zero-order valence-electron chi connectivity index (χ0n) is 5.75. The maximum atomic E-state index is 6.66. The van der Waals surface area contributed by atoms with Gasteiger partial charge in [0.2, 0.25) is 0 Å². The molecule has 0 atom stereocenters. The SMILES string of the molecule is C=C/N=C\C(=C)/C=C\C=N. The molecule has 0 aliphatic rings. The first-order chi connectivity index (χ1) is 4.81. The number of allylic oxidation sites excluding steroid dienone is 3. The van der Waals surface area contributed by atoms with Crippen molar-refractivity contribution >= 4 is 12.4 Å². The van der Waals surface area contributed by atoms with E-state index in [0.717, 1.165) is 5.57 Å². The average molecular weight is 134 g/mol. The van der Waals surface area contributed by atoms with Crippen LogP contribution in [0.15, 0.2) is 42.1 Å². The van der Waals surface area contributed by atoms with Crippen molar-refractivity contribution in [2.45, 2.75) is 0 Å². The van der Waals surface area contributed by atoms with Gasteiger partial charge in [0.15, 0.2) is 0 Å². The minimum absolute atomic E-state index is 0.753. The van der Waals surface area contributed by atoms with E-state index in [9.17, 15) is 0 Å². The molecule has 0 aliphatic heterocycles. The zero-order valence-corrected chi connectivity index (χ0v) is 5.75. The molecule has 0 fully saturated rings. The lowest BCUT2D eigenvalue weighted by Crippen LogP contribution is -1.74. The fourth-order valence-electron chi connectivity index (χ4n) is 0.363. The van der Waals surface area contributed by atoms with Crippen LogP contribution in [0.3, 0.4) is 0 Å². The number of aliphatic imine (C=N–C) groups is 1. The van der Waals surface area contributed by atoms with Gasteiger partial charge in [0.1, 0.15) is 0 Å². The van der Waals surface area contributed by atoms with Crippen LogP contribution in [0.4, 0.5) is 0 Å². The molecular formula is C8H10N2. The highest BCUT2D eigenvalue weighted by atomic mass is 14.6. The maximum Gasteiger partial charge on any atom is 0.0334 e. The van der Waals surface area contributed by atoms with E-state index in [1.165, 1.54) is 12.4 Å². The highest BCUT2D eigenvalue weighted by Gasteiger charge is 1.75. The van der Waals surface area contributed by atoms with Crippen molar-refractivity contribution in [3.8, 4) is 0 Å². The lowest BCUT2D eigenvalue weighted by Gasteiger charge is -1.82. The van der Waals surface area contributed by atoms with Crippen LogP contribution in [0, 0.1) is 5.41 Å². The Labute approximate surface area is 60.8 Å². The van der Waals surface area contributed by atoms with Crippen LogP contribution < -0.4 is 0 Å². The molecule has 0 radical (unpaired) electrons. The molecule has 0 spiro atoms. The Morgan fingerprint density at radius 2 is 2.20 bits per heavy atom. The second kappa shape index (κ2) is 5.69. The normalized spacial score (nSPS) is 10.4. The zero-order chi connectivity index (χ0) is 7.82. The highest BCUT2D eigenvalue weighted by Crippen LogP contribution is 1.86. The predicted octanol–water partition coefficient (Wildman–Crippen LogP) is 1.96. The van der Waals surface area contributed by atoms with Crippen LogP contribution in [0.2, 0.25) is 0 Å². The quantitative estimate of drug-likeness (QED) is 0.450. The van der Waals surface area contributed by atoms with E-state index < -0.39 is 0 Å². The molecule has 2 nitrogen and oxygen atoms in total. The van der Waals surface area contributed by atoms with Crippen LogP contribution in [-0.2, 0) is 0 Å². The van der Waals surface area contributed by atoms with Crippen molar-refractivity contribution in [2.75, 3.05) is 0 Å². The summed E-state index contributed by atoms with van der Waals surface area (Å²) in [5, 5.41) is 6.66. The number of hydrogen-bond acceptors (Lipinski definition) is 2. The van der Waals surface area contributed by atoms with Gasteiger partial charge in [-0.3, -0.25) is 4.99 Å². The summed E-state index contributed by atoms with van der Waals surface area (Å²) in [5.41, 5.74) is 0.753. The van der Waals surface area contributed by atoms with E-state index in [1.807, 2.05) is 0 Å². The first-order valence-corrected chi connectivity index (χ1v) is 2.81. The first kappa shape index (κ1) is 8.56. The molecule has 52 valence electrons. The molecule has 0 bridgehead atoms. The third-order valence-corrected chi connectivity index (χ3v) is 0.752. The van der Waals surface area contributed by atoms with Gasteiger partial charge in [0.25, 0.3) is 0 Å². The van der Waals surface area contributed by atoms with E-state index in [1.54, 1.807) is 18.4 Å². The van der Waals surface area contributed by atoms with Gasteiger partial charge in [-0.2, -0.15) is 0 Å². The fourth-order valence-corrected chi connectivity index (χ4v) is 0.363. The Morgan fingerprint density at radius 3 is 2.70 bits per heavy atom. The molecule has 0 rings (SSSR count). The Balaban J connectivity index is 3.85. The first-order valence-electron chi connectivity index (χ1n) is 2.81. The van der Waals surface area contributed by atoms with Crippen LogP contribution in [0.1, 0.15) is 0 Å². The van der Waals surface area contributed by atoms with E-state index >= 15 is 0 Å². The molecule has 0 amide bonds. The number of nitrogens with one attached hydrogen (secondary N) is 1. The third kappa shape index (κ3) is 4.71. The number of hydrogen-bond donors (Lipinski definition) is 1. The van der Waals surface area contributed by atoms with Crippen molar-refractivity contribution in [2.24, 2.45) is 4.99 Å². The summed E-state index contributed by atoms with van der Waals surface area (Å²) in [6.45, 7) is 7.05. The van der Waals surface area contributed by atoms with E-state index in [0.29, 0.717) is 0 Å². The van der Waals surface area contributed by atoms with Gasteiger partial charge >= 0.3 is 0 Å². The highest BCUT2D eigenvalue weighted by molar-refractivity contribution is 5.83. The number of rotatable bonds is 4. The monoisotopic (exact) mass is 134 g/mol. The Hall–Kier alpha value is -1.44. The lowest BCUT2D eigenvalue weighted by molar-refractivity contribution is 1.57. The van der Waals surface area contributed by atoms with Gasteiger partial charge in [-0.15, -0.1) is 0 Å². The minimum atomic E-state index is 0.753. The van der Waals surface area contributed by atoms with E-state index in [-0.39, 0.29) is 0 Å². The molecule has 0 saturated heterocycles. The van der Waals surface area contributed by atoms with Crippen LogP contribution in [-0.4, -0.2) is 12.4 Å². The Kier molecular flexibility index (Phi) is 4.87. The maximum absolute atomic E-state index is 6.66. The summed E-state index contributed by atoms with van der Waals surface area (Å²) in [6, 6.07) is 0. The van der Waals surface area contributed by atoms with Gasteiger partial charge in [0, 0.05) is 18.6 Å². The van der Waals surface area contributed by atoms with Crippen molar-refractivity contribution in [1.82, 2.24) is 0 Å². The second-order valence-corrected chi connectivity index (χ2v) is 1.56. The summed E-state index contributed by atoms with van der Waals surface area (Å²) in [5.74, 6) is 0. The molecule has 2 heteroatoms. The molecular weight excluding hydrogens is 124 g/mol. The smallest absolute Gasteiger partial charge is 0.0334 e. The molecule has 1 N–H and O–H groups in total. The Morgan fingerprint density at radius 1 is 1.50 bits per heavy atom. The molecule has 0 aromatic heterocycles. The number of nitrogens with zero attached hydrogens (tertiary/aromatic N) is 1. The van der Waals surface area contributed by atoms with E-state index in [2.05, 4.69) is 18.2 Å². The molecule has 0 aliphatic carbocycles. The molecule has 10 heavy (non-hydrogen) atoms. The van der Waals surface area contributed by atoms with Crippen molar-refractivity contribution in [3.05, 3.63) is 37.1 Å². The minimum Gasteiger partial charge on any atom is -0.309 e. The molecule has 0 aromatic carbocycles. The topological polar surface area (TPSA) is 36.2 Å². The largest absolute Gasteiger partial charge is 0.309 e. The predicted molar refractivity (Wildman–Crippen MR) is 45.8 cm³/mol. The third-order valence-electron chi connectivity index (χ3n) is 0.752. The summed E-state index contributed by atoms with van der Waals surface area (Å²) in [7, 11) is 0. The molecule has 0 saturated carbocycles. The summed E-state index contributed by atoms with van der Waals surface area (Å²) in [6.07, 6.45) is 7.47. The van der Waals surface area contributed by atoms with Crippen molar-refractivity contribution in [3.63, 3.8) is 0 Å². The van der Waals surface area contributed by atoms with Crippen molar-refractivity contribution < 1.29 is 0 Å². The van der Waals surface area contributed by atoms with Gasteiger partial charge < -0.3 is 5.41 Å². The lowest BCUT2D eigenvalue weighted by atomic mass is 10.3. The van der Waals surface area contributed by atoms with E-state index in [4.69, 9.17) is 5.41 Å². The second-order valence-electron chi connectivity index (χ2n) is 1.56. The van der Waals surface area contributed by atoms with Gasteiger partial charge in [-0.05, 0) is 11.6 Å². The van der Waals surface area contributed by atoms with Gasteiger partial charge in [0.05, 0.1) is 0 Å². The van der Waals surface area contributed by atoms with Gasteiger partial charge in [-0.25, -0.2) is 0 Å². The van der Waals surface area contributed by atoms with Crippen molar-refractivity contribution in [1.29, 1.82) is 5.41 Å². The average Bonchev–Trinajstić information content (AvgIpc) is 1.97. The fraction of sp³-hybridized carbons (Fsp3) is 0. The van der Waals surface area contributed by atoms with Gasteiger partial charge in [-0.1, -0.05) is 19.2 Å². The molecule has 0 heterocycles. The van der Waals surface area contributed by atoms with Crippen LogP contribution in [0.25, 0.3) is 0 Å². The molecule has 0 unspecified atom stereocenters. The summed E-state index contributed by atoms with van der Waals surface area (Å²) >= 11 is 0. The standard InChI is InChI=1S/C8H10N2/c1-3-10-7-8(2)5-4-6-9/h3-7,9H,1-2H2/b5-4-,9-6?,10-7-. The van der Waals surface area contributed by atoms with Crippen LogP contribution >= 0.6 is 0 Å². The molecule has 0 aromatic rings. The Bertz CT molecular complexity index is 167.